The van der Waals surface area contributed by atoms with Crippen LogP contribution in [0.25, 0.3) is 11.2 Å². The number of methoxy groups -OCH3 is 1. The van der Waals surface area contributed by atoms with E-state index in [4.69, 9.17) is 15.6 Å². The first kappa shape index (κ1) is 17.4. The number of carbonyl (C=O) groups excluding carboxylic acids is 1. The van der Waals surface area contributed by atoms with Crippen molar-refractivity contribution in [2.24, 2.45) is 5.73 Å². The van der Waals surface area contributed by atoms with Crippen LogP contribution in [0.1, 0.15) is 28.4 Å². The minimum atomic E-state index is 0.00757. The van der Waals surface area contributed by atoms with Crippen LogP contribution in [-0.4, -0.2) is 57.3 Å². The molecule has 1 aliphatic rings. The Morgan fingerprint density at radius 3 is 3.00 bits per heavy atom. The summed E-state index contributed by atoms with van der Waals surface area (Å²) in [5.74, 6) is 0.823. The van der Waals surface area contributed by atoms with Gasteiger partial charge in [0, 0.05) is 43.5 Å². The largest absolute Gasteiger partial charge is 0.497 e. The predicted molar refractivity (Wildman–Crippen MR) is 101 cm³/mol. The zero-order valence-corrected chi connectivity index (χ0v) is 15.2. The molecule has 3 heterocycles. The van der Waals surface area contributed by atoms with Gasteiger partial charge in [-0.2, -0.15) is 5.10 Å². The zero-order valence-electron chi connectivity index (χ0n) is 15.2. The highest BCUT2D eigenvalue weighted by Crippen LogP contribution is 2.31. The molecule has 4 rings (SSSR count). The van der Waals surface area contributed by atoms with Gasteiger partial charge < -0.3 is 15.4 Å². The monoisotopic (exact) mass is 366 g/mol. The van der Waals surface area contributed by atoms with Gasteiger partial charge in [0.2, 0.25) is 0 Å². The third-order valence-electron chi connectivity index (χ3n) is 4.91. The Hall–Kier alpha value is -3.00. The molecule has 0 spiro atoms. The first-order valence-corrected chi connectivity index (χ1v) is 9.02. The van der Waals surface area contributed by atoms with Gasteiger partial charge in [-0.05, 0) is 24.6 Å². The predicted octanol–water partition coefficient (Wildman–Crippen LogP) is 1.42. The second-order valence-electron chi connectivity index (χ2n) is 6.59. The number of hydrogen-bond acceptors (Lipinski definition) is 6. The van der Waals surface area contributed by atoms with Crippen molar-refractivity contribution in [2.45, 2.75) is 18.9 Å². The summed E-state index contributed by atoms with van der Waals surface area (Å²) in [6.07, 6.45) is 4.18. The van der Waals surface area contributed by atoms with E-state index in [9.17, 15) is 4.79 Å². The number of hydrogen-bond donors (Lipinski definition) is 1. The summed E-state index contributed by atoms with van der Waals surface area (Å²) in [7, 11) is 1.60. The SMILES string of the molecule is COc1cccc(C(=O)N2CC[C@@H](c3nn(CCN)c4nccnc34)C2)c1. The van der Waals surface area contributed by atoms with E-state index >= 15 is 0 Å². The lowest BCUT2D eigenvalue weighted by Crippen LogP contribution is -2.28. The van der Waals surface area contributed by atoms with Crippen molar-refractivity contribution in [3.63, 3.8) is 0 Å². The Morgan fingerprint density at radius 2 is 2.19 bits per heavy atom. The van der Waals surface area contributed by atoms with Crippen LogP contribution in [0.5, 0.6) is 5.75 Å². The molecule has 3 aromatic rings. The molecule has 27 heavy (non-hydrogen) atoms. The highest BCUT2D eigenvalue weighted by atomic mass is 16.5. The van der Waals surface area contributed by atoms with Crippen LogP contribution in [0.15, 0.2) is 36.7 Å². The highest BCUT2D eigenvalue weighted by Gasteiger charge is 2.31. The molecule has 0 saturated carbocycles. The standard InChI is InChI=1S/C19H22N6O2/c1-27-15-4-2-3-13(11-15)19(26)24-9-5-14(12-24)16-17-18(22-8-7-21-17)25(23-16)10-6-20/h2-4,7-8,11,14H,5-6,9-10,12,20H2,1H3/t14-/m1/s1. The maximum atomic E-state index is 12.9. The topological polar surface area (TPSA) is 99.2 Å². The number of carbonyl (C=O) groups is 1. The van der Waals surface area contributed by atoms with E-state index in [1.54, 1.807) is 25.6 Å². The molecular weight excluding hydrogens is 344 g/mol. The van der Waals surface area contributed by atoms with E-state index in [1.165, 1.54) is 0 Å². The molecule has 1 fully saturated rings. The van der Waals surface area contributed by atoms with Gasteiger partial charge in [0.25, 0.3) is 5.91 Å². The average molecular weight is 366 g/mol. The van der Waals surface area contributed by atoms with Crippen molar-refractivity contribution < 1.29 is 9.53 Å². The molecule has 2 aromatic heterocycles. The van der Waals surface area contributed by atoms with Crippen molar-refractivity contribution in [3.05, 3.63) is 47.9 Å². The van der Waals surface area contributed by atoms with E-state index in [0.717, 1.165) is 23.3 Å². The van der Waals surface area contributed by atoms with Gasteiger partial charge in [0.15, 0.2) is 5.65 Å². The Morgan fingerprint density at radius 1 is 1.33 bits per heavy atom. The first-order chi connectivity index (χ1) is 13.2. The molecule has 0 unspecified atom stereocenters. The second kappa shape index (κ2) is 7.32. The molecule has 8 heteroatoms. The van der Waals surface area contributed by atoms with Crippen molar-refractivity contribution in [3.8, 4) is 5.75 Å². The zero-order chi connectivity index (χ0) is 18.8. The Kier molecular flexibility index (Phi) is 4.72. The number of benzene rings is 1. The molecular formula is C19H22N6O2. The van der Waals surface area contributed by atoms with Gasteiger partial charge in [0.1, 0.15) is 11.3 Å². The van der Waals surface area contributed by atoms with Crippen molar-refractivity contribution in [1.29, 1.82) is 0 Å². The van der Waals surface area contributed by atoms with Crippen molar-refractivity contribution >= 4 is 17.1 Å². The molecule has 1 saturated heterocycles. The summed E-state index contributed by atoms with van der Waals surface area (Å²) >= 11 is 0. The van der Waals surface area contributed by atoms with Crippen molar-refractivity contribution in [1.82, 2.24) is 24.6 Å². The van der Waals surface area contributed by atoms with E-state index in [2.05, 4.69) is 9.97 Å². The molecule has 2 N–H and O–H groups in total. The van der Waals surface area contributed by atoms with Crippen LogP contribution in [-0.2, 0) is 6.54 Å². The lowest BCUT2D eigenvalue weighted by Gasteiger charge is -2.16. The number of likely N-dealkylation sites (tertiary alicyclic amines) is 1. The summed E-state index contributed by atoms with van der Waals surface area (Å²) in [6, 6.07) is 7.25. The number of rotatable bonds is 5. The summed E-state index contributed by atoms with van der Waals surface area (Å²) in [6.45, 7) is 2.37. The van der Waals surface area contributed by atoms with E-state index in [-0.39, 0.29) is 11.8 Å². The number of ether oxygens (including phenoxy) is 1. The van der Waals surface area contributed by atoms with Gasteiger partial charge in [-0.1, -0.05) is 6.07 Å². The van der Waals surface area contributed by atoms with Gasteiger partial charge in [0.05, 0.1) is 19.3 Å². The molecule has 0 aliphatic carbocycles. The number of nitrogens with two attached hydrogens (primary N) is 1. The van der Waals surface area contributed by atoms with Crippen LogP contribution < -0.4 is 10.5 Å². The maximum Gasteiger partial charge on any atom is 0.254 e. The van der Waals surface area contributed by atoms with Crippen LogP contribution in [0.3, 0.4) is 0 Å². The smallest absolute Gasteiger partial charge is 0.254 e. The average Bonchev–Trinajstić information content (AvgIpc) is 3.33. The van der Waals surface area contributed by atoms with Crippen molar-refractivity contribution in [2.75, 3.05) is 26.7 Å². The fourth-order valence-corrected chi connectivity index (χ4v) is 3.58. The van der Waals surface area contributed by atoms with Gasteiger partial charge in [-0.25, -0.2) is 14.6 Å². The van der Waals surface area contributed by atoms with E-state index in [1.807, 2.05) is 27.8 Å². The fraction of sp³-hybridized carbons (Fsp3) is 0.368. The Bertz CT molecular complexity index is 970. The fourth-order valence-electron chi connectivity index (χ4n) is 3.58. The Labute approximate surface area is 157 Å². The third kappa shape index (κ3) is 3.23. The van der Waals surface area contributed by atoms with E-state index < -0.39 is 0 Å². The molecule has 0 bridgehead atoms. The van der Waals surface area contributed by atoms with Crippen LogP contribution in [0.4, 0.5) is 0 Å². The molecule has 8 nitrogen and oxygen atoms in total. The third-order valence-corrected chi connectivity index (χ3v) is 4.91. The lowest BCUT2D eigenvalue weighted by molar-refractivity contribution is 0.0790. The van der Waals surface area contributed by atoms with Crippen LogP contribution in [0, 0.1) is 0 Å². The van der Waals surface area contributed by atoms with Crippen LogP contribution >= 0.6 is 0 Å². The van der Waals surface area contributed by atoms with Gasteiger partial charge in [-0.15, -0.1) is 0 Å². The minimum absolute atomic E-state index is 0.00757. The second-order valence-corrected chi connectivity index (χ2v) is 6.59. The van der Waals surface area contributed by atoms with Gasteiger partial charge in [-0.3, -0.25) is 4.79 Å². The number of fused-ring (bicyclic) bond motifs is 1. The molecule has 1 atom stereocenters. The minimum Gasteiger partial charge on any atom is -0.497 e. The molecule has 1 aromatic carbocycles. The van der Waals surface area contributed by atoms with Crippen LogP contribution in [0.2, 0.25) is 0 Å². The molecule has 1 amide bonds. The maximum absolute atomic E-state index is 12.9. The quantitative estimate of drug-likeness (QED) is 0.733. The summed E-state index contributed by atoms with van der Waals surface area (Å²) in [4.78, 5) is 23.6. The van der Waals surface area contributed by atoms with Gasteiger partial charge >= 0.3 is 0 Å². The lowest BCUT2D eigenvalue weighted by atomic mass is 10.0. The molecule has 0 radical (unpaired) electrons. The summed E-state index contributed by atoms with van der Waals surface area (Å²) in [5, 5.41) is 4.71. The number of nitrogens with zero attached hydrogens (tertiary/aromatic N) is 5. The number of amides is 1. The normalized spacial score (nSPS) is 16.8. The summed E-state index contributed by atoms with van der Waals surface area (Å²) in [5.41, 5.74) is 8.76. The highest BCUT2D eigenvalue weighted by molar-refractivity contribution is 5.95. The van der Waals surface area contributed by atoms with E-state index in [0.29, 0.717) is 37.5 Å². The molecule has 140 valence electrons. The Balaban J connectivity index is 1.58. The first-order valence-electron chi connectivity index (χ1n) is 9.02. The number of aromatic nitrogens is 4. The molecule has 1 aliphatic heterocycles. The summed E-state index contributed by atoms with van der Waals surface area (Å²) < 4.78 is 7.03.